The number of imidazole rings is 1. The first-order chi connectivity index (χ1) is 5.66. The zero-order valence-electron chi connectivity index (χ0n) is 6.22. The molecule has 8 heteroatoms. The van der Waals surface area contributed by atoms with Gasteiger partial charge in [-0.05, 0) is 0 Å². The zero-order valence-corrected chi connectivity index (χ0v) is 10.4. The maximum Gasteiger partial charge on any atom is 0.327 e. The van der Waals surface area contributed by atoms with Crippen LogP contribution in [0.2, 0.25) is 0 Å². The molecule has 2 aromatic heterocycles. The van der Waals surface area contributed by atoms with E-state index in [9.17, 15) is 14.4 Å². The maximum absolute atomic E-state index is 10.9. The summed E-state index contributed by atoms with van der Waals surface area (Å²) in [5, 5.41) is 0. The Kier molecular flexibility index (Phi) is 2.63. The van der Waals surface area contributed by atoms with Crippen molar-refractivity contribution in [1.82, 2.24) is 19.9 Å². The standard InChI is InChI=1S/C5H4N4O3.U/c10-3-1-2(7-4(11)6-1)8-5(12)9-3;/h(H4,6,7,8,9,10,11,12);. The van der Waals surface area contributed by atoms with Crippen LogP contribution in [-0.4, -0.2) is 19.9 Å². The van der Waals surface area contributed by atoms with Crippen LogP contribution in [0.25, 0.3) is 11.2 Å². The smallest absolute Gasteiger partial charge is 0.300 e. The largest absolute Gasteiger partial charge is 0.327 e. The van der Waals surface area contributed by atoms with Gasteiger partial charge in [-0.15, -0.1) is 0 Å². The third kappa shape index (κ3) is 1.69. The van der Waals surface area contributed by atoms with Crippen molar-refractivity contribution in [3.05, 3.63) is 31.3 Å². The van der Waals surface area contributed by atoms with Crippen molar-refractivity contribution in [2.45, 2.75) is 0 Å². The second-order valence-electron chi connectivity index (χ2n) is 2.24. The van der Waals surface area contributed by atoms with Crippen LogP contribution in [0.5, 0.6) is 0 Å². The van der Waals surface area contributed by atoms with Crippen LogP contribution in [0.4, 0.5) is 0 Å². The molecule has 0 bridgehead atoms. The van der Waals surface area contributed by atoms with E-state index in [-0.39, 0.29) is 42.3 Å². The molecule has 2 aromatic rings. The van der Waals surface area contributed by atoms with E-state index in [4.69, 9.17) is 0 Å². The number of H-pyrrole nitrogens is 4. The third-order valence-electron chi connectivity index (χ3n) is 1.42. The summed E-state index contributed by atoms with van der Waals surface area (Å²) in [6.45, 7) is 0. The summed E-state index contributed by atoms with van der Waals surface area (Å²) in [5.74, 6) is 0. The van der Waals surface area contributed by atoms with Gasteiger partial charge in [-0.2, -0.15) is 0 Å². The molecule has 0 saturated carbocycles. The van der Waals surface area contributed by atoms with Crippen LogP contribution in [-0.2, 0) is 0 Å². The maximum atomic E-state index is 10.9. The van der Waals surface area contributed by atoms with Crippen molar-refractivity contribution in [3.63, 3.8) is 0 Å². The van der Waals surface area contributed by atoms with Crippen LogP contribution >= 0.6 is 0 Å². The molecular weight excluding hydrogens is 402 g/mol. The van der Waals surface area contributed by atoms with Crippen molar-refractivity contribution in [1.29, 1.82) is 0 Å². The molecule has 0 saturated heterocycles. The molecule has 0 amide bonds. The average Bonchev–Trinajstić information content (AvgIpc) is 2.29. The van der Waals surface area contributed by atoms with Gasteiger partial charge in [-0.25, -0.2) is 9.59 Å². The minimum Gasteiger partial charge on any atom is -0.300 e. The van der Waals surface area contributed by atoms with E-state index in [1.807, 2.05) is 4.98 Å². The van der Waals surface area contributed by atoms with Gasteiger partial charge >= 0.3 is 11.4 Å². The molecule has 2 heterocycles. The molecule has 4 N–H and O–H groups in total. The van der Waals surface area contributed by atoms with Gasteiger partial charge in [-0.1, -0.05) is 0 Å². The predicted octanol–water partition coefficient (Wildman–Crippen LogP) is -1.77. The number of nitrogens with one attached hydrogen (secondary N) is 4. The van der Waals surface area contributed by atoms with Crippen molar-refractivity contribution < 1.29 is 31.1 Å². The molecular formula is C5H4N4O3U. The first kappa shape index (κ1) is 10.1. The zero-order chi connectivity index (χ0) is 8.72. The van der Waals surface area contributed by atoms with Crippen molar-refractivity contribution in [2.75, 3.05) is 0 Å². The fraction of sp³-hybridized carbons (Fsp3) is 0. The van der Waals surface area contributed by atoms with Gasteiger partial charge in [0, 0.05) is 31.1 Å². The van der Waals surface area contributed by atoms with E-state index in [1.54, 1.807) is 0 Å². The first-order valence-electron chi connectivity index (χ1n) is 3.11. The SMILES string of the molecule is O=c1[nH]c(=O)c2[nH]c(=O)[nH]c2[nH]1.[U]. The fourth-order valence-corrected chi connectivity index (χ4v) is 0.958. The number of hydrogen-bond donors (Lipinski definition) is 4. The Balaban J connectivity index is 0.000000845. The van der Waals surface area contributed by atoms with Crippen LogP contribution in [0.1, 0.15) is 0 Å². The number of hydrogen-bond acceptors (Lipinski definition) is 3. The molecule has 0 aliphatic rings. The number of aromatic nitrogens is 4. The molecule has 66 valence electrons. The monoisotopic (exact) mass is 406 g/mol. The van der Waals surface area contributed by atoms with Gasteiger partial charge in [0.25, 0.3) is 5.56 Å². The second kappa shape index (κ2) is 3.40. The van der Waals surface area contributed by atoms with Crippen LogP contribution < -0.4 is 16.9 Å². The summed E-state index contributed by atoms with van der Waals surface area (Å²) in [4.78, 5) is 41.0. The minimum atomic E-state index is -0.650. The number of aromatic amines is 4. The first-order valence-corrected chi connectivity index (χ1v) is 3.11. The van der Waals surface area contributed by atoms with Gasteiger partial charge in [0.15, 0.2) is 0 Å². The Labute approximate surface area is 93.3 Å². The second-order valence-corrected chi connectivity index (χ2v) is 2.24. The number of fused-ring (bicyclic) bond motifs is 1. The average molecular weight is 406 g/mol. The topological polar surface area (TPSA) is 114 Å². The Morgan fingerprint density at radius 3 is 1.92 bits per heavy atom. The summed E-state index contributed by atoms with van der Waals surface area (Å²) in [5.41, 5.74) is -1.65. The molecule has 2 rings (SSSR count). The van der Waals surface area contributed by atoms with E-state index in [0.29, 0.717) is 0 Å². The molecule has 0 aromatic carbocycles. The molecule has 0 fully saturated rings. The summed E-state index contributed by atoms with van der Waals surface area (Å²) >= 11 is 0. The van der Waals surface area contributed by atoms with E-state index in [2.05, 4.69) is 15.0 Å². The van der Waals surface area contributed by atoms with Gasteiger partial charge in [0.05, 0.1) is 0 Å². The van der Waals surface area contributed by atoms with E-state index < -0.39 is 16.9 Å². The molecule has 0 unspecified atom stereocenters. The van der Waals surface area contributed by atoms with Crippen molar-refractivity contribution in [3.8, 4) is 0 Å². The van der Waals surface area contributed by atoms with Crippen LogP contribution in [0.15, 0.2) is 14.4 Å². The number of rotatable bonds is 0. The van der Waals surface area contributed by atoms with E-state index >= 15 is 0 Å². The molecule has 0 atom stereocenters. The van der Waals surface area contributed by atoms with E-state index in [0.717, 1.165) is 0 Å². The van der Waals surface area contributed by atoms with Crippen molar-refractivity contribution >= 4 is 11.2 Å². The summed E-state index contributed by atoms with van der Waals surface area (Å²) in [6.07, 6.45) is 0. The van der Waals surface area contributed by atoms with Crippen LogP contribution in [0.3, 0.4) is 0 Å². The minimum absolute atomic E-state index is 0. The Hall–Kier alpha value is -0.998. The van der Waals surface area contributed by atoms with Gasteiger partial charge < -0.3 is 0 Å². The fourth-order valence-electron chi connectivity index (χ4n) is 0.958. The quantitative estimate of drug-likeness (QED) is 0.416. The predicted molar refractivity (Wildman–Crippen MR) is 40.2 cm³/mol. The molecule has 0 radical (unpaired) electrons. The van der Waals surface area contributed by atoms with Gasteiger partial charge in [0.2, 0.25) is 0 Å². The molecule has 13 heavy (non-hydrogen) atoms. The Bertz CT molecular complexity index is 588. The Morgan fingerprint density at radius 2 is 1.31 bits per heavy atom. The Morgan fingerprint density at radius 1 is 0.769 bits per heavy atom. The summed E-state index contributed by atoms with van der Waals surface area (Å²) in [7, 11) is 0. The van der Waals surface area contributed by atoms with E-state index in [1.165, 1.54) is 0 Å². The summed E-state index contributed by atoms with van der Waals surface area (Å²) < 4.78 is 0. The normalized spacial score (nSPS) is 9.85. The molecule has 0 spiro atoms. The molecule has 0 aliphatic carbocycles. The van der Waals surface area contributed by atoms with Crippen LogP contribution in [0, 0.1) is 31.1 Å². The summed E-state index contributed by atoms with van der Waals surface area (Å²) in [6, 6.07) is 0. The van der Waals surface area contributed by atoms with Crippen molar-refractivity contribution in [2.24, 2.45) is 0 Å². The molecule has 0 aliphatic heterocycles. The molecule has 7 nitrogen and oxygen atoms in total. The third-order valence-corrected chi connectivity index (χ3v) is 1.42. The van der Waals surface area contributed by atoms with Gasteiger partial charge in [-0.3, -0.25) is 24.7 Å². The van der Waals surface area contributed by atoms with Gasteiger partial charge in [0.1, 0.15) is 11.2 Å².